The number of hydrogen-bond donors (Lipinski definition) is 2. The molecule has 0 radical (unpaired) electrons. The average Bonchev–Trinajstić information content (AvgIpc) is 2.72. The molecule has 6 nitrogen and oxygen atoms in total. The van der Waals surface area contributed by atoms with E-state index < -0.39 is 0 Å². The van der Waals surface area contributed by atoms with Gasteiger partial charge >= 0.3 is 6.03 Å². The highest BCUT2D eigenvalue weighted by Crippen LogP contribution is 1.96. The van der Waals surface area contributed by atoms with E-state index in [1.807, 2.05) is 13.1 Å². The molecule has 0 aliphatic carbocycles. The van der Waals surface area contributed by atoms with Crippen molar-refractivity contribution in [3.05, 3.63) is 18.0 Å². The quantitative estimate of drug-likeness (QED) is 0.735. The van der Waals surface area contributed by atoms with Crippen LogP contribution in [0.2, 0.25) is 0 Å². The third-order valence-corrected chi connectivity index (χ3v) is 2.00. The minimum Gasteiger partial charge on any atom is -0.383 e. The van der Waals surface area contributed by atoms with E-state index in [-0.39, 0.29) is 6.03 Å². The summed E-state index contributed by atoms with van der Waals surface area (Å²) in [5, 5.41) is 9.54. The Hall–Kier alpha value is -1.56. The summed E-state index contributed by atoms with van der Waals surface area (Å²) in [6.45, 7) is 4.34. The number of ether oxygens (including phenoxy) is 1. The number of nitrogens with one attached hydrogen (secondary N) is 2. The molecule has 0 bridgehead atoms. The summed E-state index contributed by atoms with van der Waals surface area (Å²) in [6.07, 6.45) is 3.63. The summed E-state index contributed by atoms with van der Waals surface area (Å²) in [5.74, 6) is 0. The molecule has 0 unspecified atom stereocenters. The molecule has 2 amide bonds. The Labute approximate surface area is 95.0 Å². The molecule has 6 heteroatoms. The molecule has 1 rings (SSSR count). The summed E-state index contributed by atoms with van der Waals surface area (Å²) in [6, 6.07) is -0.160. The first kappa shape index (κ1) is 12.5. The molecule has 0 fully saturated rings. The first-order valence-corrected chi connectivity index (χ1v) is 5.28. The maximum Gasteiger partial charge on any atom is 0.315 e. The number of carbonyl (C=O) groups is 1. The van der Waals surface area contributed by atoms with Gasteiger partial charge in [-0.1, -0.05) is 0 Å². The summed E-state index contributed by atoms with van der Waals surface area (Å²) >= 11 is 0. The topological polar surface area (TPSA) is 68.2 Å². The number of methoxy groups -OCH3 is 1. The van der Waals surface area contributed by atoms with Crippen molar-refractivity contribution in [2.75, 3.05) is 20.3 Å². The lowest BCUT2D eigenvalue weighted by Gasteiger charge is -2.03. The molecular weight excluding hydrogens is 208 g/mol. The highest BCUT2D eigenvalue weighted by Gasteiger charge is 2.01. The molecule has 1 aromatic heterocycles. The monoisotopic (exact) mass is 226 g/mol. The largest absolute Gasteiger partial charge is 0.383 e. The number of aromatic nitrogens is 2. The van der Waals surface area contributed by atoms with Crippen molar-refractivity contribution in [3.8, 4) is 0 Å². The Bertz CT molecular complexity index is 324. The number of amides is 2. The normalized spacial score (nSPS) is 10.1. The maximum atomic E-state index is 11.1. The standard InChI is InChI=1S/C10H18N4O2/c1-3-11-10(15)12-6-9-7-13-14(8-9)4-5-16-2/h7-8H,3-6H2,1-2H3,(H2,11,12,15). The third kappa shape index (κ3) is 4.31. The van der Waals surface area contributed by atoms with E-state index in [2.05, 4.69) is 15.7 Å². The van der Waals surface area contributed by atoms with Crippen molar-refractivity contribution in [2.45, 2.75) is 20.0 Å². The van der Waals surface area contributed by atoms with Gasteiger partial charge in [-0.25, -0.2) is 4.79 Å². The van der Waals surface area contributed by atoms with E-state index in [0.29, 0.717) is 19.7 Å². The highest BCUT2D eigenvalue weighted by atomic mass is 16.5. The van der Waals surface area contributed by atoms with Crippen LogP contribution in [0.4, 0.5) is 4.79 Å². The summed E-state index contributed by atoms with van der Waals surface area (Å²) in [4.78, 5) is 11.1. The molecular formula is C10H18N4O2. The van der Waals surface area contributed by atoms with E-state index >= 15 is 0 Å². The second kappa shape index (κ2) is 6.84. The fourth-order valence-electron chi connectivity index (χ4n) is 1.21. The lowest BCUT2D eigenvalue weighted by molar-refractivity contribution is 0.183. The number of rotatable bonds is 6. The van der Waals surface area contributed by atoms with Crippen molar-refractivity contribution in [1.82, 2.24) is 20.4 Å². The molecule has 0 aromatic carbocycles. The zero-order valence-corrected chi connectivity index (χ0v) is 9.69. The first-order chi connectivity index (χ1) is 7.76. The van der Waals surface area contributed by atoms with Crippen LogP contribution >= 0.6 is 0 Å². The Morgan fingerprint density at radius 1 is 1.56 bits per heavy atom. The third-order valence-electron chi connectivity index (χ3n) is 2.00. The van der Waals surface area contributed by atoms with Crippen LogP contribution in [0.5, 0.6) is 0 Å². The van der Waals surface area contributed by atoms with Gasteiger partial charge < -0.3 is 15.4 Å². The van der Waals surface area contributed by atoms with E-state index in [4.69, 9.17) is 4.74 Å². The fraction of sp³-hybridized carbons (Fsp3) is 0.600. The van der Waals surface area contributed by atoms with Gasteiger partial charge in [0, 0.05) is 32.0 Å². The number of carbonyl (C=O) groups excluding carboxylic acids is 1. The van der Waals surface area contributed by atoms with E-state index in [9.17, 15) is 4.79 Å². The SMILES string of the molecule is CCNC(=O)NCc1cnn(CCOC)c1. The van der Waals surface area contributed by atoms with Crippen molar-refractivity contribution in [2.24, 2.45) is 0 Å². The van der Waals surface area contributed by atoms with E-state index in [1.54, 1.807) is 18.0 Å². The zero-order valence-electron chi connectivity index (χ0n) is 9.69. The van der Waals surface area contributed by atoms with Crippen LogP contribution in [-0.4, -0.2) is 36.1 Å². The fourth-order valence-corrected chi connectivity index (χ4v) is 1.21. The van der Waals surface area contributed by atoms with Crippen molar-refractivity contribution >= 4 is 6.03 Å². The molecule has 0 aliphatic heterocycles. The van der Waals surface area contributed by atoms with E-state index in [0.717, 1.165) is 12.1 Å². The van der Waals surface area contributed by atoms with Gasteiger partial charge in [0.25, 0.3) is 0 Å². The van der Waals surface area contributed by atoms with Crippen molar-refractivity contribution in [1.29, 1.82) is 0 Å². The molecule has 1 heterocycles. The highest BCUT2D eigenvalue weighted by molar-refractivity contribution is 5.73. The Balaban J connectivity index is 2.31. The average molecular weight is 226 g/mol. The Morgan fingerprint density at radius 3 is 3.06 bits per heavy atom. The van der Waals surface area contributed by atoms with Gasteiger partial charge in [-0.3, -0.25) is 4.68 Å². The molecule has 2 N–H and O–H groups in total. The smallest absolute Gasteiger partial charge is 0.315 e. The molecule has 0 saturated carbocycles. The summed E-state index contributed by atoms with van der Waals surface area (Å²) in [5.41, 5.74) is 0.974. The van der Waals surface area contributed by atoms with Gasteiger partial charge in [-0.2, -0.15) is 5.10 Å². The Kier molecular flexibility index (Phi) is 5.35. The second-order valence-corrected chi connectivity index (χ2v) is 3.32. The van der Waals surface area contributed by atoms with Crippen LogP contribution < -0.4 is 10.6 Å². The van der Waals surface area contributed by atoms with Crippen LogP contribution in [0.1, 0.15) is 12.5 Å². The van der Waals surface area contributed by atoms with Gasteiger partial charge in [0.15, 0.2) is 0 Å². The number of urea groups is 1. The van der Waals surface area contributed by atoms with Crippen LogP contribution in [-0.2, 0) is 17.8 Å². The Morgan fingerprint density at radius 2 is 2.38 bits per heavy atom. The minimum atomic E-state index is -0.160. The zero-order chi connectivity index (χ0) is 11.8. The van der Waals surface area contributed by atoms with Gasteiger partial charge in [0.1, 0.15) is 0 Å². The van der Waals surface area contributed by atoms with Crippen LogP contribution in [0, 0.1) is 0 Å². The molecule has 16 heavy (non-hydrogen) atoms. The molecule has 0 atom stereocenters. The van der Waals surface area contributed by atoms with Crippen LogP contribution in [0.15, 0.2) is 12.4 Å². The number of nitrogens with zero attached hydrogens (tertiary/aromatic N) is 2. The molecule has 0 spiro atoms. The molecule has 0 aliphatic rings. The summed E-state index contributed by atoms with van der Waals surface area (Å²) < 4.78 is 6.73. The maximum absolute atomic E-state index is 11.1. The summed E-state index contributed by atoms with van der Waals surface area (Å²) in [7, 11) is 1.65. The van der Waals surface area contributed by atoms with Crippen molar-refractivity contribution in [3.63, 3.8) is 0 Å². The van der Waals surface area contributed by atoms with Crippen LogP contribution in [0.3, 0.4) is 0 Å². The van der Waals surface area contributed by atoms with Gasteiger partial charge in [-0.15, -0.1) is 0 Å². The number of hydrogen-bond acceptors (Lipinski definition) is 3. The molecule has 90 valence electrons. The molecule has 1 aromatic rings. The van der Waals surface area contributed by atoms with Gasteiger partial charge in [-0.05, 0) is 6.92 Å². The van der Waals surface area contributed by atoms with Crippen LogP contribution in [0.25, 0.3) is 0 Å². The lowest BCUT2D eigenvalue weighted by Crippen LogP contribution is -2.34. The first-order valence-electron chi connectivity index (χ1n) is 5.28. The predicted molar refractivity (Wildman–Crippen MR) is 60.0 cm³/mol. The van der Waals surface area contributed by atoms with Gasteiger partial charge in [0.2, 0.25) is 0 Å². The predicted octanol–water partition coefficient (Wildman–Crippen LogP) is 0.349. The lowest BCUT2D eigenvalue weighted by atomic mass is 10.4. The second-order valence-electron chi connectivity index (χ2n) is 3.32. The van der Waals surface area contributed by atoms with Crippen molar-refractivity contribution < 1.29 is 9.53 Å². The minimum absolute atomic E-state index is 0.160. The molecule has 0 saturated heterocycles. The van der Waals surface area contributed by atoms with Gasteiger partial charge in [0.05, 0.1) is 19.3 Å². The van der Waals surface area contributed by atoms with E-state index in [1.165, 1.54) is 0 Å².